The molecule has 1 saturated carbocycles. The van der Waals surface area contributed by atoms with Crippen LogP contribution >= 0.6 is 11.8 Å². The number of rotatable bonds is 6. The molecule has 0 unspecified atom stereocenters. The highest BCUT2D eigenvalue weighted by atomic mass is 32.2. The third-order valence-corrected chi connectivity index (χ3v) is 5.15. The minimum Gasteiger partial charge on any atom is -0.272 e. The highest BCUT2D eigenvalue weighted by Crippen LogP contribution is 2.40. The number of aromatic nitrogens is 3. The maximum atomic E-state index is 12.9. The number of carbonyl (C=O) groups is 2. The van der Waals surface area contributed by atoms with E-state index in [-0.39, 0.29) is 11.3 Å². The second kappa shape index (κ2) is 8.44. The van der Waals surface area contributed by atoms with Crippen molar-refractivity contribution in [1.82, 2.24) is 25.6 Å². The van der Waals surface area contributed by atoms with Crippen molar-refractivity contribution in [3.05, 3.63) is 71.8 Å². The molecule has 0 radical (unpaired) electrons. The highest BCUT2D eigenvalue weighted by Gasteiger charge is 2.30. The third-order valence-electron chi connectivity index (χ3n) is 4.31. The summed E-state index contributed by atoms with van der Waals surface area (Å²) in [5, 5.41) is 5.04. The summed E-state index contributed by atoms with van der Waals surface area (Å²) in [7, 11) is 0. The SMILES string of the molecule is O=C(CSc1nc(C2CC2)n(-c2ccccc2)n1)NNC(=O)c1ccc(F)cc1. The number of hydrazine groups is 1. The number of carbonyl (C=O) groups excluding carboxylic acids is 2. The predicted molar refractivity (Wildman–Crippen MR) is 106 cm³/mol. The number of para-hydroxylation sites is 1. The molecule has 7 nitrogen and oxygen atoms in total. The molecule has 2 N–H and O–H groups in total. The number of hydrogen-bond donors (Lipinski definition) is 2. The van der Waals surface area contributed by atoms with Gasteiger partial charge >= 0.3 is 0 Å². The Bertz CT molecular complexity index is 1020. The highest BCUT2D eigenvalue weighted by molar-refractivity contribution is 7.99. The van der Waals surface area contributed by atoms with Crippen molar-refractivity contribution in [2.45, 2.75) is 23.9 Å². The zero-order valence-corrected chi connectivity index (χ0v) is 16.2. The van der Waals surface area contributed by atoms with Crippen LogP contribution in [0.3, 0.4) is 0 Å². The van der Waals surface area contributed by atoms with Gasteiger partial charge < -0.3 is 0 Å². The van der Waals surface area contributed by atoms with Gasteiger partial charge in [-0.1, -0.05) is 30.0 Å². The Balaban J connectivity index is 1.33. The Labute approximate surface area is 170 Å². The summed E-state index contributed by atoms with van der Waals surface area (Å²) in [6, 6.07) is 14.8. The molecule has 1 aromatic heterocycles. The first-order chi connectivity index (χ1) is 14.1. The molecule has 1 aliphatic carbocycles. The second-order valence-corrected chi connectivity index (χ2v) is 7.51. The molecule has 1 fully saturated rings. The van der Waals surface area contributed by atoms with E-state index in [9.17, 15) is 14.0 Å². The first-order valence-electron chi connectivity index (χ1n) is 9.10. The number of nitrogens with one attached hydrogen (secondary N) is 2. The van der Waals surface area contributed by atoms with Crippen LogP contribution in [0.2, 0.25) is 0 Å². The fraction of sp³-hybridized carbons (Fsp3) is 0.200. The zero-order valence-electron chi connectivity index (χ0n) is 15.3. The zero-order chi connectivity index (χ0) is 20.2. The molecule has 3 aromatic rings. The molecule has 0 bridgehead atoms. The average molecular weight is 411 g/mol. The molecule has 1 heterocycles. The van der Waals surface area contributed by atoms with Gasteiger partial charge in [-0.3, -0.25) is 20.4 Å². The minimum atomic E-state index is -0.522. The van der Waals surface area contributed by atoms with E-state index in [0.717, 1.165) is 24.4 Å². The Kier molecular flexibility index (Phi) is 5.57. The summed E-state index contributed by atoms with van der Waals surface area (Å²) in [5.74, 6) is 0.00650. The van der Waals surface area contributed by atoms with Crippen molar-refractivity contribution in [2.75, 3.05) is 5.75 Å². The van der Waals surface area contributed by atoms with E-state index in [1.165, 1.54) is 36.0 Å². The van der Waals surface area contributed by atoms with Gasteiger partial charge in [-0.05, 0) is 49.2 Å². The van der Waals surface area contributed by atoms with Gasteiger partial charge in [0.15, 0.2) is 0 Å². The fourth-order valence-corrected chi connectivity index (χ4v) is 3.33. The van der Waals surface area contributed by atoms with Crippen LogP contribution in [0, 0.1) is 5.82 Å². The lowest BCUT2D eigenvalue weighted by Gasteiger charge is -2.06. The van der Waals surface area contributed by atoms with Gasteiger partial charge in [0, 0.05) is 11.5 Å². The Morgan fingerprint density at radius 3 is 2.48 bits per heavy atom. The number of thioether (sulfide) groups is 1. The van der Waals surface area contributed by atoms with Crippen LogP contribution in [-0.4, -0.2) is 32.3 Å². The van der Waals surface area contributed by atoms with E-state index in [1.54, 1.807) is 0 Å². The predicted octanol–water partition coefficient (Wildman–Crippen LogP) is 2.84. The molecule has 0 spiro atoms. The van der Waals surface area contributed by atoms with Crippen molar-refractivity contribution in [3.8, 4) is 5.69 Å². The lowest BCUT2D eigenvalue weighted by Crippen LogP contribution is -2.42. The van der Waals surface area contributed by atoms with Crippen molar-refractivity contribution in [2.24, 2.45) is 0 Å². The summed E-state index contributed by atoms with van der Waals surface area (Å²) in [5.41, 5.74) is 5.83. The molecule has 148 valence electrons. The van der Waals surface area contributed by atoms with E-state index in [0.29, 0.717) is 11.1 Å². The number of nitrogens with zero attached hydrogens (tertiary/aromatic N) is 3. The average Bonchev–Trinajstić information content (AvgIpc) is 3.51. The minimum absolute atomic E-state index is 0.0482. The first kappa shape index (κ1) is 19.1. The monoisotopic (exact) mass is 411 g/mol. The van der Waals surface area contributed by atoms with Crippen LogP contribution in [0.25, 0.3) is 5.69 Å². The maximum Gasteiger partial charge on any atom is 0.269 e. The van der Waals surface area contributed by atoms with Crippen molar-refractivity contribution in [1.29, 1.82) is 0 Å². The molecule has 0 aliphatic heterocycles. The lowest BCUT2D eigenvalue weighted by atomic mass is 10.2. The molecule has 9 heteroatoms. The van der Waals surface area contributed by atoms with Crippen LogP contribution in [0.15, 0.2) is 59.8 Å². The van der Waals surface area contributed by atoms with Crippen LogP contribution in [0.5, 0.6) is 0 Å². The fourth-order valence-electron chi connectivity index (χ4n) is 2.70. The molecule has 0 atom stereocenters. The largest absolute Gasteiger partial charge is 0.272 e. The summed E-state index contributed by atoms with van der Waals surface area (Å²) < 4.78 is 14.7. The van der Waals surface area contributed by atoms with Crippen molar-refractivity contribution in [3.63, 3.8) is 0 Å². The van der Waals surface area contributed by atoms with Crippen LogP contribution in [0.4, 0.5) is 4.39 Å². The molecule has 1 aliphatic rings. The van der Waals surface area contributed by atoms with Gasteiger partial charge in [-0.25, -0.2) is 14.1 Å². The Morgan fingerprint density at radius 1 is 1.07 bits per heavy atom. The number of amides is 2. The Morgan fingerprint density at radius 2 is 1.79 bits per heavy atom. The van der Waals surface area contributed by atoms with E-state index < -0.39 is 17.6 Å². The van der Waals surface area contributed by atoms with Gasteiger partial charge in [-0.15, -0.1) is 5.10 Å². The van der Waals surface area contributed by atoms with Crippen LogP contribution in [-0.2, 0) is 4.79 Å². The quantitative estimate of drug-likeness (QED) is 0.481. The molecule has 4 rings (SSSR count). The van der Waals surface area contributed by atoms with Gasteiger partial charge in [-0.2, -0.15) is 0 Å². The summed E-state index contributed by atoms with van der Waals surface area (Å²) >= 11 is 1.20. The smallest absolute Gasteiger partial charge is 0.269 e. The number of benzene rings is 2. The van der Waals surface area contributed by atoms with Crippen molar-refractivity contribution >= 4 is 23.6 Å². The molecule has 0 saturated heterocycles. The molecule has 2 amide bonds. The van der Waals surface area contributed by atoms with E-state index in [4.69, 9.17) is 0 Å². The topological polar surface area (TPSA) is 88.9 Å². The summed E-state index contributed by atoms with van der Waals surface area (Å²) in [6.45, 7) is 0. The van der Waals surface area contributed by atoms with Gasteiger partial charge in [0.25, 0.3) is 5.91 Å². The van der Waals surface area contributed by atoms with E-state index in [2.05, 4.69) is 20.9 Å². The normalized spacial score (nSPS) is 13.1. The molecular weight excluding hydrogens is 393 g/mol. The summed E-state index contributed by atoms with van der Waals surface area (Å²) in [6.07, 6.45) is 2.18. The standard InChI is InChI=1S/C20H18FN5O2S/c21-15-10-8-14(9-11-15)19(28)24-23-17(27)12-29-20-22-18(13-6-7-13)26(25-20)16-4-2-1-3-5-16/h1-5,8-11,13H,6-7,12H2,(H,23,27)(H,24,28). The van der Waals surface area contributed by atoms with Gasteiger partial charge in [0.2, 0.25) is 11.1 Å². The van der Waals surface area contributed by atoms with Gasteiger partial charge in [0.05, 0.1) is 11.4 Å². The third kappa shape index (κ3) is 4.80. The molecular formula is C20H18FN5O2S. The van der Waals surface area contributed by atoms with Crippen LogP contribution < -0.4 is 10.9 Å². The summed E-state index contributed by atoms with van der Waals surface area (Å²) in [4.78, 5) is 28.6. The molecule has 29 heavy (non-hydrogen) atoms. The number of hydrogen-bond acceptors (Lipinski definition) is 5. The first-order valence-corrected chi connectivity index (χ1v) is 10.1. The maximum absolute atomic E-state index is 12.9. The number of halogens is 1. The van der Waals surface area contributed by atoms with E-state index in [1.807, 2.05) is 35.0 Å². The Hall–Kier alpha value is -3.20. The van der Waals surface area contributed by atoms with E-state index >= 15 is 0 Å². The lowest BCUT2D eigenvalue weighted by molar-refractivity contribution is -0.119. The van der Waals surface area contributed by atoms with Crippen LogP contribution in [0.1, 0.15) is 34.9 Å². The molecule has 2 aromatic carbocycles. The second-order valence-electron chi connectivity index (χ2n) is 6.57. The van der Waals surface area contributed by atoms with Crippen molar-refractivity contribution < 1.29 is 14.0 Å². The van der Waals surface area contributed by atoms with Gasteiger partial charge in [0.1, 0.15) is 11.6 Å².